The van der Waals surface area contributed by atoms with E-state index in [4.69, 9.17) is 20.9 Å². The Balaban J connectivity index is 1.50. The molecule has 0 unspecified atom stereocenters. The molecule has 3 rings (SSSR count). The molecule has 0 aliphatic carbocycles. The summed E-state index contributed by atoms with van der Waals surface area (Å²) >= 11 is 0. The van der Waals surface area contributed by atoms with E-state index >= 15 is 0 Å². The van der Waals surface area contributed by atoms with E-state index in [1.54, 1.807) is 0 Å². The van der Waals surface area contributed by atoms with Gasteiger partial charge in [-0.2, -0.15) is 0 Å². The highest BCUT2D eigenvalue weighted by Crippen LogP contribution is 2.13. The molecule has 0 saturated heterocycles. The van der Waals surface area contributed by atoms with E-state index in [1.807, 2.05) is 84.9 Å². The molecule has 0 radical (unpaired) electrons. The maximum Gasteiger partial charge on any atom is 0.323 e. The molecule has 4 N–H and O–H groups in total. The minimum atomic E-state index is -0.752. The summed E-state index contributed by atoms with van der Waals surface area (Å²) in [7, 11) is 0. The standard InChI is InChI=1S/C26H28N2O4/c27-23(15-19-9-3-1-4-10-19)25(29)31-17-21-13-7-8-14-22(21)18-32-26(30)24(28)16-20-11-5-2-6-12-20/h1-14,23-24H,15-18,27-28H2/t23-,24-/m0/s1. The second kappa shape index (κ2) is 11.8. The Kier molecular flexibility index (Phi) is 8.54. The molecule has 3 aromatic rings. The molecule has 6 nitrogen and oxygen atoms in total. The first-order chi connectivity index (χ1) is 15.5. The van der Waals surface area contributed by atoms with Gasteiger partial charge in [0.25, 0.3) is 0 Å². The van der Waals surface area contributed by atoms with Gasteiger partial charge in [0.05, 0.1) is 0 Å². The van der Waals surface area contributed by atoms with Crippen molar-refractivity contribution in [2.45, 2.75) is 38.1 Å². The molecule has 0 aliphatic rings. The molecule has 166 valence electrons. The van der Waals surface area contributed by atoms with Crippen LogP contribution in [0.3, 0.4) is 0 Å². The van der Waals surface area contributed by atoms with Crippen molar-refractivity contribution in [2.75, 3.05) is 0 Å². The molecule has 6 heteroatoms. The lowest BCUT2D eigenvalue weighted by Crippen LogP contribution is -2.34. The van der Waals surface area contributed by atoms with Gasteiger partial charge < -0.3 is 20.9 Å². The summed E-state index contributed by atoms with van der Waals surface area (Å²) in [6.45, 7) is 0.0935. The van der Waals surface area contributed by atoms with Crippen LogP contribution >= 0.6 is 0 Å². The lowest BCUT2D eigenvalue weighted by Gasteiger charge is -2.15. The van der Waals surface area contributed by atoms with Gasteiger partial charge in [0.2, 0.25) is 0 Å². The first kappa shape index (κ1) is 23.2. The van der Waals surface area contributed by atoms with E-state index in [9.17, 15) is 9.59 Å². The van der Waals surface area contributed by atoms with Crippen LogP contribution in [0.15, 0.2) is 84.9 Å². The normalized spacial score (nSPS) is 12.6. The molecule has 0 bridgehead atoms. The minimum Gasteiger partial charge on any atom is -0.460 e. The SMILES string of the molecule is N[C@@H](Cc1ccccc1)C(=O)OCc1ccccc1COC(=O)[C@@H](N)Cc1ccccc1. The Morgan fingerprint density at radius 3 is 1.31 bits per heavy atom. The topological polar surface area (TPSA) is 105 Å². The van der Waals surface area contributed by atoms with Gasteiger partial charge in [-0.25, -0.2) is 0 Å². The van der Waals surface area contributed by atoms with Crippen LogP contribution < -0.4 is 11.5 Å². The fourth-order valence-corrected chi connectivity index (χ4v) is 3.25. The van der Waals surface area contributed by atoms with Crippen LogP contribution in [0.5, 0.6) is 0 Å². The summed E-state index contributed by atoms with van der Waals surface area (Å²) in [5.41, 5.74) is 15.4. The van der Waals surface area contributed by atoms with Crippen molar-refractivity contribution in [1.29, 1.82) is 0 Å². The van der Waals surface area contributed by atoms with Crippen LogP contribution in [0, 0.1) is 0 Å². The number of hydrogen-bond acceptors (Lipinski definition) is 6. The zero-order chi connectivity index (χ0) is 22.8. The highest BCUT2D eigenvalue weighted by molar-refractivity contribution is 5.76. The third kappa shape index (κ3) is 7.04. The quantitative estimate of drug-likeness (QED) is 0.477. The molecular weight excluding hydrogens is 404 g/mol. The van der Waals surface area contributed by atoms with Crippen molar-refractivity contribution in [2.24, 2.45) is 11.5 Å². The van der Waals surface area contributed by atoms with Gasteiger partial charge >= 0.3 is 11.9 Å². The number of hydrogen-bond donors (Lipinski definition) is 2. The minimum absolute atomic E-state index is 0.0467. The van der Waals surface area contributed by atoms with E-state index < -0.39 is 24.0 Å². The van der Waals surface area contributed by atoms with Crippen LogP contribution in [0.25, 0.3) is 0 Å². The van der Waals surface area contributed by atoms with Gasteiger partial charge in [0, 0.05) is 0 Å². The van der Waals surface area contributed by atoms with Gasteiger partial charge in [0.1, 0.15) is 25.3 Å². The van der Waals surface area contributed by atoms with Crippen molar-refractivity contribution >= 4 is 11.9 Å². The monoisotopic (exact) mass is 432 g/mol. The van der Waals surface area contributed by atoms with Crippen LogP contribution in [0.4, 0.5) is 0 Å². The molecule has 0 aliphatic heterocycles. The summed E-state index contributed by atoms with van der Waals surface area (Å²) in [5.74, 6) is -0.962. The molecule has 0 saturated carbocycles. The van der Waals surface area contributed by atoms with Gasteiger partial charge in [-0.3, -0.25) is 9.59 Å². The molecule has 0 spiro atoms. The number of carbonyl (C=O) groups is 2. The third-order valence-corrected chi connectivity index (χ3v) is 5.06. The zero-order valence-electron chi connectivity index (χ0n) is 17.9. The summed E-state index contributed by atoms with van der Waals surface area (Å²) < 4.78 is 10.8. The number of carbonyl (C=O) groups excluding carboxylic acids is 2. The van der Waals surface area contributed by atoms with E-state index in [2.05, 4.69) is 0 Å². The Morgan fingerprint density at radius 1 is 0.594 bits per heavy atom. The molecule has 0 fully saturated rings. The van der Waals surface area contributed by atoms with E-state index in [0.717, 1.165) is 22.3 Å². The van der Waals surface area contributed by atoms with E-state index in [1.165, 1.54) is 0 Å². The molecule has 0 amide bonds. The molecule has 3 aromatic carbocycles. The Labute approximate surface area is 188 Å². The maximum absolute atomic E-state index is 12.3. The van der Waals surface area contributed by atoms with Crippen LogP contribution in [-0.4, -0.2) is 24.0 Å². The summed E-state index contributed by atoms with van der Waals surface area (Å²) in [4.78, 5) is 24.6. The summed E-state index contributed by atoms with van der Waals surface area (Å²) in [6.07, 6.45) is 0.802. The number of ether oxygens (including phenoxy) is 2. The van der Waals surface area contributed by atoms with Crippen LogP contribution in [0.1, 0.15) is 22.3 Å². The lowest BCUT2D eigenvalue weighted by molar-refractivity contribution is -0.148. The van der Waals surface area contributed by atoms with Crippen molar-refractivity contribution in [1.82, 2.24) is 0 Å². The average molecular weight is 433 g/mol. The van der Waals surface area contributed by atoms with Crippen molar-refractivity contribution in [3.05, 3.63) is 107 Å². The van der Waals surface area contributed by atoms with Gasteiger partial charge in [-0.1, -0.05) is 84.9 Å². The molecule has 0 heterocycles. The second-order valence-corrected chi connectivity index (χ2v) is 7.58. The molecule has 2 atom stereocenters. The maximum atomic E-state index is 12.3. The van der Waals surface area contributed by atoms with Gasteiger partial charge in [-0.05, 0) is 35.1 Å². The van der Waals surface area contributed by atoms with Gasteiger partial charge in [0.15, 0.2) is 0 Å². The fraction of sp³-hybridized carbons (Fsp3) is 0.231. The average Bonchev–Trinajstić information content (AvgIpc) is 2.82. The van der Waals surface area contributed by atoms with Crippen LogP contribution in [-0.2, 0) is 45.1 Å². The van der Waals surface area contributed by atoms with E-state index in [0.29, 0.717) is 12.8 Å². The van der Waals surface area contributed by atoms with Crippen molar-refractivity contribution in [3.8, 4) is 0 Å². The smallest absolute Gasteiger partial charge is 0.323 e. The number of esters is 2. The predicted octanol–water partition coefficient (Wildman–Crippen LogP) is 2.91. The fourth-order valence-electron chi connectivity index (χ4n) is 3.25. The van der Waals surface area contributed by atoms with Crippen LogP contribution in [0.2, 0.25) is 0 Å². The Morgan fingerprint density at radius 2 is 0.938 bits per heavy atom. The number of rotatable bonds is 10. The molecular formula is C26H28N2O4. The number of benzene rings is 3. The summed E-state index contributed by atoms with van der Waals surface area (Å²) in [5, 5.41) is 0. The van der Waals surface area contributed by atoms with Crippen molar-refractivity contribution < 1.29 is 19.1 Å². The third-order valence-electron chi connectivity index (χ3n) is 5.06. The van der Waals surface area contributed by atoms with Crippen molar-refractivity contribution in [3.63, 3.8) is 0 Å². The zero-order valence-corrected chi connectivity index (χ0v) is 17.9. The highest BCUT2D eigenvalue weighted by atomic mass is 16.5. The molecule has 32 heavy (non-hydrogen) atoms. The van der Waals surface area contributed by atoms with E-state index in [-0.39, 0.29) is 13.2 Å². The predicted molar refractivity (Wildman–Crippen MR) is 122 cm³/mol. The first-order valence-electron chi connectivity index (χ1n) is 10.5. The Bertz CT molecular complexity index is 926. The largest absolute Gasteiger partial charge is 0.460 e. The first-order valence-corrected chi connectivity index (χ1v) is 10.5. The second-order valence-electron chi connectivity index (χ2n) is 7.58. The lowest BCUT2D eigenvalue weighted by atomic mass is 10.1. The summed E-state index contributed by atoms with van der Waals surface area (Å²) in [6, 6.07) is 24.9. The number of nitrogens with two attached hydrogens (primary N) is 2. The highest BCUT2D eigenvalue weighted by Gasteiger charge is 2.18. The van der Waals surface area contributed by atoms with Gasteiger partial charge in [-0.15, -0.1) is 0 Å². The molecule has 0 aromatic heterocycles. The Hall–Kier alpha value is -3.48.